The Bertz CT molecular complexity index is 885. The average molecular weight is 375 g/mol. The van der Waals surface area contributed by atoms with E-state index in [1.165, 1.54) is 24.3 Å². The van der Waals surface area contributed by atoms with E-state index in [0.29, 0.717) is 17.2 Å². The van der Waals surface area contributed by atoms with Gasteiger partial charge in [0, 0.05) is 11.9 Å². The molecule has 0 heterocycles. The Morgan fingerprint density at radius 3 is 2.08 bits per heavy atom. The summed E-state index contributed by atoms with van der Waals surface area (Å²) >= 11 is 0. The van der Waals surface area contributed by atoms with E-state index >= 15 is 0 Å². The molecule has 7 heteroatoms. The topological polar surface area (TPSA) is 89.5 Å². The molecule has 0 bridgehead atoms. The van der Waals surface area contributed by atoms with E-state index < -0.39 is 28.3 Å². The molecule has 6 nitrogen and oxygen atoms in total. The third kappa shape index (κ3) is 5.42. The third-order valence-corrected chi connectivity index (χ3v) is 4.84. The van der Waals surface area contributed by atoms with E-state index in [1.54, 1.807) is 12.1 Å². The number of benzene rings is 2. The minimum atomic E-state index is -3.29. The molecule has 2 aromatic carbocycles. The molecule has 26 heavy (non-hydrogen) atoms. The van der Waals surface area contributed by atoms with Gasteiger partial charge in [-0.3, -0.25) is 4.79 Å². The van der Waals surface area contributed by atoms with Crippen molar-refractivity contribution in [3.63, 3.8) is 0 Å². The van der Waals surface area contributed by atoms with Crippen molar-refractivity contribution in [3.8, 4) is 0 Å². The monoisotopic (exact) mass is 375 g/mol. The second kappa shape index (κ2) is 8.14. The maximum atomic E-state index is 12.0. The van der Waals surface area contributed by atoms with E-state index in [4.69, 9.17) is 4.74 Å². The average Bonchev–Trinajstić information content (AvgIpc) is 2.59. The van der Waals surface area contributed by atoms with Crippen molar-refractivity contribution in [1.29, 1.82) is 0 Å². The van der Waals surface area contributed by atoms with Crippen molar-refractivity contribution >= 4 is 27.4 Å². The van der Waals surface area contributed by atoms with E-state index in [-0.39, 0.29) is 4.90 Å². The quantitative estimate of drug-likeness (QED) is 0.784. The molecule has 0 aliphatic rings. The van der Waals surface area contributed by atoms with Gasteiger partial charge in [0.15, 0.2) is 16.4 Å². The van der Waals surface area contributed by atoms with Crippen molar-refractivity contribution in [2.75, 3.05) is 18.2 Å². The van der Waals surface area contributed by atoms with Gasteiger partial charge in [-0.2, -0.15) is 0 Å². The minimum Gasteiger partial charge on any atom is -0.452 e. The summed E-state index contributed by atoms with van der Waals surface area (Å²) in [5.41, 5.74) is 1.90. The van der Waals surface area contributed by atoms with Crippen LogP contribution in [0.25, 0.3) is 0 Å². The molecular weight excluding hydrogens is 354 g/mol. The predicted molar refractivity (Wildman–Crippen MR) is 99.0 cm³/mol. The molecule has 0 aromatic heterocycles. The van der Waals surface area contributed by atoms with Crippen molar-refractivity contribution in [2.45, 2.75) is 24.7 Å². The first-order valence-corrected chi connectivity index (χ1v) is 9.93. The van der Waals surface area contributed by atoms with Crippen LogP contribution < -0.4 is 5.32 Å². The number of carbonyl (C=O) groups is 2. The summed E-state index contributed by atoms with van der Waals surface area (Å²) in [6.45, 7) is 3.68. The number of esters is 1. The van der Waals surface area contributed by atoms with Crippen LogP contribution >= 0.6 is 0 Å². The van der Waals surface area contributed by atoms with Crippen LogP contribution in [0.1, 0.15) is 35.7 Å². The molecule has 1 N–H and O–H groups in total. The molecule has 0 unspecified atom stereocenters. The van der Waals surface area contributed by atoms with Crippen LogP contribution in [-0.4, -0.2) is 33.2 Å². The molecule has 0 radical (unpaired) electrons. The van der Waals surface area contributed by atoms with Gasteiger partial charge in [0.05, 0.1) is 10.5 Å². The van der Waals surface area contributed by atoms with Crippen LogP contribution in [0, 0.1) is 0 Å². The zero-order chi connectivity index (χ0) is 19.3. The summed E-state index contributed by atoms with van der Waals surface area (Å²) in [4.78, 5) is 24.0. The number of nitrogens with one attached hydrogen (secondary N) is 1. The third-order valence-electron chi connectivity index (χ3n) is 3.71. The summed E-state index contributed by atoms with van der Waals surface area (Å²) < 4.78 is 27.8. The molecule has 0 spiro atoms. The fraction of sp³-hybridized carbons (Fsp3) is 0.263. The zero-order valence-corrected chi connectivity index (χ0v) is 15.7. The first kappa shape index (κ1) is 19.7. The van der Waals surface area contributed by atoms with Crippen LogP contribution in [0.3, 0.4) is 0 Å². The smallest absolute Gasteiger partial charge is 0.338 e. The van der Waals surface area contributed by atoms with Crippen LogP contribution in [-0.2, 0) is 19.4 Å². The fourth-order valence-electron chi connectivity index (χ4n) is 2.20. The highest BCUT2D eigenvalue weighted by atomic mass is 32.2. The lowest BCUT2D eigenvalue weighted by molar-refractivity contribution is -0.119. The lowest BCUT2D eigenvalue weighted by Gasteiger charge is -2.08. The minimum absolute atomic E-state index is 0.159. The Balaban J connectivity index is 1.89. The van der Waals surface area contributed by atoms with E-state index in [0.717, 1.165) is 11.8 Å². The zero-order valence-electron chi connectivity index (χ0n) is 14.9. The number of hydrogen-bond acceptors (Lipinski definition) is 5. The van der Waals surface area contributed by atoms with Gasteiger partial charge >= 0.3 is 5.97 Å². The number of hydrogen-bond donors (Lipinski definition) is 1. The van der Waals surface area contributed by atoms with Gasteiger partial charge in [-0.05, 0) is 47.9 Å². The maximum absolute atomic E-state index is 12.0. The SMILES string of the molecule is CC(C)c1ccc(C(=O)OCC(=O)Nc2ccc(S(C)(=O)=O)cc2)cc1. The normalized spacial score (nSPS) is 11.2. The molecule has 2 rings (SSSR count). The molecule has 0 saturated heterocycles. The van der Waals surface area contributed by atoms with E-state index in [9.17, 15) is 18.0 Å². The predicted octanol–water partition coefficient (Wildman–Crippen LogP) is 3.01. The number of carbonyl (C=O) groups excluding carboxylic acids is 2. The summed E-state index contributed by atoms with van der Waals surface area (Å²) in [5.74, 6) is -0.730. The van der Waals surface area contributed by atoms with Gasteiger partial charge in [0.1, 0.15) is 0 Å². The second-order valence-corrected chi connectivity index (χ2v) is 8.21. The maximum Gasteiger partial charge on any atom is 0.338 e. The molecular formula is C19H21NO5S. The molecule has 0 atom stereocenters. The van der Waals surface area contributed by atoms with E-state index in [2.05, 4.69) is 19.2 Å². The van der Waals surface area contributed by atoms with Gasteiger partial charge in [-0.15, -0.1) is 0 Å². The highest BCUT2D eigenvalue weighted by Crippen LogP contribution is 2.16. The fourth-order valence-corrected chi connectivity index (χ4v) is 2.83. The Kier molecular flexibility index (Phi) is 6.15. The van der Waals surface area contributed by atoms with E-state index in [1.807, 2.05) is 12.1 Å². The number of ether oxygens (including phenoxy) is 1. The van der Waals surface area contributed by atoms with Crippen LogP contribution in [0.4, 0.5) is 5.69 Å². The lowest BCUT2D eigenvalue weighted by Crippen LogP contribution is -2.21. The Morgan fingerprint density at radius 2 is 1.58 bits per heavy atom. The summed E-state index contributed by atoms with van der Waals surface area (Å²) in [6.07, 6.45) is 1.10. The number of rotatable bonds is 6. The van der Waals surface area contributed by atoms with Crippen LogP contribution in [0.15, 0.2) is 53.4 Å². The van der Waals surface area contributed by atoms with Crippen LogP contribution in [0.5, 0.6) is 0 Å². The summed E-state index contributed by atoms with van der Waals surface area (Å²) in [7, 11) is -3.29. The molecule has 138 valence electrons. The number of sulfone groups is 1. The van der Waals surface area contributed by atoms with Crippen molar-refractivity contribution < 1.29 is 22.7 Å². The molecule has 0 aliphatic heterocycles. The summed E-state index contributed by atoms with van der Waals surface area (Å²) in [6, 6.07) is 12.8. The first-order chi connectivity index (χ1) is 12.2. The summed E-state index contributed by atoms with van der Waals surface area (Å²) in [5, 5.41) is 2.54. The Hall–Kier alpha value is -2.67. The second-order valence-electron chi connectivity index (χ2n) is 6.20. The van der Waals surface area contributed by atoms with Gasteiger partial charge in [0.2, 0.25) is 0 Å². The molecule has 0 fully saturated rings. The highest BCUT2D eigenvalue weighted by molar-refractivity contribution is 7.90. The number of amides is 1. The largest absolute Gasteiger partial charge is 0.452 e. The molecule has 0 saturated carbocycles. The molecule has 2 aromatic rings. The standard InChI is InChI=1S/C19H21NO5S/c1-13(2)14-4-6-15(7-5-14)19(22)25-12-18(21)20-16-8-10-17(11-9-16)26(3,23)24/h4-11,13H,12H2,1-3H3,(H,20,21). The van der Waals surface area contributed by atoms with Crippen molar-refractivity contribution in [3.05, 3.63) is 59.7 Å². The van der Waals surface area contributed by atoms with Gasteiger partial charge in [0.25, 0.3) is 5.91 Å². The van der Waals surface area contributed by atoms with Gasteiger partial charge < -0.3 is 10.1 Å². The number of anilines is 1. The Morgan fingerprint density at radius 1 is 1.00 bits per heavy atom. The van der Waals surface area contributed by atoms with Gasteiger partial charge in [-0.25, -0.2) is 13.2 Å². The Labute approximate surface area is 153 Å². The van der Waals surface area contributed by atoms with Crippen molar-refractivity contribution in [2.24, 2.45) is 0 Å². The van der Waals surface area contributed by atoms with Crippen LogP contribution in [0.2, 0.25) is 0 Å². The molecule has 0 aliphatic carbocycles. The van der Waals surface area contributed by atoms with Gasteiger partial charge in [-0.1, -0.05) is 26.0 Å². The lowest BCUT2D eigenvalue weighted by atomic mass is 10.0. The molecule has 1 amide bonds. The highest BCUT2D eigenvalue weighted by Gasteiger charge is 2.12. The van der Waals surface area contributed by atoms with Crippen molar-refractivity contribution in [1.82, 2.24) is 0 Å². The first-order valence-electron chi connectivity index (χ1n) is 8.04.